The predicted molar refractivity (Wildman–Crippen MR) is 90.4 cm³/mol. The maximum atomic E-state index is 5.95. The Morgan fingerprint density at radius 2 is 1.95 bits per heavy atom. The largest absolute Gasteiger partial charge is 0.358 e. The minimum Gasteiger partial charge on any atom is -0.358 e. The van der Waals surface area contributed by atoms with E-state index in [1.165, 1.54) is 11.1 Å². The van der Waals surface area contributed by atoms with Crippen molar-refractivity contribution < 1.29 is 0 Å². The first-order chi connectivity index (χ1) is 9.54. The highest BCUT2D eigenvalue weighted by molar-refractivity contribution is 7.80. The number of anilines is 1. The molecule has 0 saturated heterocycles. The number of aryl methyl sites for hydroxylation is 2. The van der Waals surface area contributed by atoms with Crippen LogP contribution in [0.25, 0.3) is 0 Å². The van der Waals surface area contributed by atoms with E-state index in [4.69, 9.17) is 23.8 Å². The van der Waals surface area contributed by atoms with Crippen LogP contribution in [0.4, 0.5) is 5.69 Å². The standard InChI is InChI=1S/C16H17ClN2S/c1-11-6-7-12(2)15(8-11)19-16(20)18-10-13-4-3-5-14(17)9-13/h3-9H,10H2,1-2H3,(H2,18,19,20). The van der Waals surface area contributed by atoms with Crippen molar-refractivity contribution in [2.45, 2.75) is 20.4 Å². The van der Waals surface area contributed by atoms with Crippen LogP contribution in [0.3, 0.4) is 0 Å². The van der Waals surface area contributed by atoms with Gasteiger partial charge in [-0.2, -0.15) is 0 Å². The number of benzene rings is 2. The van der Waals surface area contributed by atoms with E-state index in [1.54, 1.807) is 0 Å². The molecule has 0 radical (unpaired) electrons. The first-order valence-corrected chi connectivity index (χ1v) is 7.20. The van der Waals surface area contributed by atoms with Gasteiger partial charge < -0.3 is 10.6 Å². The molecule has 2 N–H and O–H groups in total. The first kappa shape index (κ1) is 14.8. The Kier molecular flexibility index (Phi) is 4.99. The average molecular weight is 305 g/mol. The summed E-state index contributed by atoms with van der Waals surface area (Å²) < 4.78 is 0. The summed E-state index contributed by atoms with van der Waals surface area (Å²) in [6, 6.07) is 14.0. The second kappa shape index (κ2) is 6.73. The van der Waals surface area contributed by atoms with Crippen LogP contribution in [0, 0.1) is 13.8 Å². The molecule has 104 valence electrons. The van der Waals surface area contributed by atoms with Crippen molar-refractivity contribution in [3.63, 3.8) is 0 Å². The molecule has 0 amide bonds. The molecule has 0 bridgehead atoms. The maximum Gasteiger partial charge on any atom is 0.171 e. The molecule has 2 nitrogen and oxygen atoms in total. The molecule has 4 heteroatoms. The fourth-order valence-corrected chi connectivity index (χ4v) is 2.26. The monoisotopic (exact) mass is 304 g/mol. The SMILES string of the molecule is Cc1ccc(C)c(NC(=S)NCc2cccc(Cl)c2)c1. The van der Waals surface area contributed by atoms with Gasteiger partial charge in [0.15, 0.2) is 5.11 Å². The number of hydrogen-bond donors (Lipinski definition) is 2. The van der Waals surface area contributed by atoms with Gasteiger partial charge in [-0.25, -0.2) is 0 Å². The smallest absolute Gasteiger partial charge is 0.171 e. The molecule has 0 heterocycles. The van der Waals surface area contributed by atoms with Crippen molar-refractivity contribution in [1.29, 1.82) is 0 Å². The lowest BCUT2D eigenvalue weighted by Gasteiger charge is -2.13. The van der Waals surface area contributed by atoms with Crippen molar-refractivity contribution in [2.75, 3.05) is 5.32 Å². The zero-order chi connectivity index (χ0) is 14.5. The summed E-state index contributed by atoms with van der Waals surface area (Å²) in [4.78, 5) is 0. The van der Waals surface area contributed by atoms with E-state index in [0.717, 1.165) is 16.3 Å². The molecule has 0 saturated carbocycles. The Morgan fingerprint density at radius 1 is 1.15 bits per heavy atom. The highest BCUT2D eigenvalue weighted by Gasteiger charge is 2.02. The molecule has 20 heavy (non-hydrogen) atoms. The fraction of sp³-hybridized carbons (Fsp3) is 0.188. The summed E-state index contributed by atoms with van der Waals surface area (Å²) in [6.07, 6.45) is 0. The van der Waals surface area contributed by atoms with E-state index in [-0.39, 0.29) is 0 Å². The lowest BCUT2D eigenvalue weighted by molar-refractivity contribution is 0.926. The van der Waals surface area contributed by atoms with Crippen molar-refractivity contribution in [2.24, 2.45) is 0 Å². The molecule has 2 aromatic rings. The first-order valence-electron chi connectivity index (χ1n) is 6.41. The van der Waals surface area contributed by atoms with Crippen LogP contribution in [0.15, 0.2) is 42.5 Å². The van der Waals surface area contributed by atoms with Crippen LogP contribution >= 0.6 is 23.8 Å². The van der Waals surface area contributed by atoms with E-state index in [9.17, 15) is 0 Å². The molecular formula is C16H17ClN2S. The van der Waals surface area contributed by atoms with Crippen LogP contribution in [0.1, 0.15) is 16.7 Å². The molecule has 0 spiro atoms. The van der Waals surface area contributed by atoms with E-state index in [2.05, 4.69) is 42.7 Å². The molecule has 0 unspecified atom stereocenters. The highest BCUT2D eigenvalue weighted by Crippen LogP contribution is 2.16. The van der Waals surface area contributed by atoms with Gasteiger partial charge in [0.2, 0.25) is 0 Å². The topological polar surface area (TPSA) is 24.1 Å². The van der Waals surface area contributed by atoms with Crippen LogP contribution in [-0.2, 0) is 6.54 Å². The van der Waals surface area contributed by atoms with E-state index in [1.807, 2.05) is 24.3 Å². The van der Waals surface area contributed by atoms with Gasteiger partial charge in [-0.05, 0) is 61.0 Å². The molecule has 0 fully saturated rings. The van der Waals surface area contributed by atoms with Crippen molar-refractivity contribution in [3.8, 4) is 0 Å². The lowest BCUT2D eigenvalue weighted by atomic mass is 10.1. The van der Waals surface area contributed by atoms with Crippen molar-refractivity contribution in [1.82, 2.24) is 5.32 Å². The number of hydrogen-bond acceptors (Lipinski definition) is 1. The van der Waals surface area contributed by atoms with E-state index >= 15 is 0 Å². The quantitative estimate of drug-likeness (QED) is 0.820. The Labute approximate surface area is 130 Å². The summed E-state index contributed by atoms with van der Waals surface area (Å²) >= 11 is 11.3. The minimum absolute atomic E-state index is 0.610. The van der Waals surface area contributed by atoms with Crippen molar-refractivity contribution in [3.05, 3.63) is 64.2 Å². The summed E-state index contributed by atoms with van der Waals surface area (Å²) in [5.41, 5.74) is 4.51. The third-order valence-corrected chi connectivity index (χ3v) is 3.46. The highest BCUT2D eigenvalue weighted by atomic mass is 35.5. The zero-order valence-corrected chi connectivity index (χ0v) is 13.1. The molecule has 0 aliphatic carbocycles. The number of halogens is 1. The average Bonchev–Trinajstić information content (AvgIpc) is 2.41. The summed E-state index contributed by atoms with van der Waals surface area (Å²) in [6.45, 7) is 4.77. The van der Waals surface area contributed by atoms with Crippen LogP contribution in [-0.4, -0.2) is 5.11 Å². The normalized spacial score (nSPS) is 10.2. The third kappa shape index (κ3) is 4.22. The van der Waals surface area contributed by atoms with Gasteiger partial charge in [0.05, 0.1) is 0 Å². The van der Waals surface area contributed by atoms with Gasteiger partial charge in [0.1, 0.15) is 0 Å². The van der Waals surface area contributed by atoms with Crippen LogP contribution in [0.5, 0.6) is 0 Å². The Bertz CT molecular complexity index is 626. The van der Waals surface area contributed by atoms with Crippen molar-refractivity contribution >= 4 is 34.6 Å². The molecule has 0 aromatic heterocycles. The Morgan fingerprint density at radius 3 is 2.70 bits per heavy atom. The second-order valence-electron chi connectivity index (χ2n) is 4.76. The third-order valence-electron chi connectivity index (χ3n) is 2.98. The molecular weight excluding hydrogens is 288 g/mol. The molecule has 2 aromatic carbocycles. The lowest BCUT2D eigenvalue weighted by Crippen LogP contribution is -2.28. The fourth-order valence-electron chi connectivity index (χ4n) is 1.87. The second-order valence-corrected chi connectivity index (χ2v) is 5.60. The van der Waals surface area contributed by atoms with Gasteiger partial charge in [-0.3, -0.25) is 0 Å². The number of thiocarbonyl (C=S) groups is 1. The molecule has 0 aliphatic heterocycles. The van der Waals surface area contributed by atoms with Gasteiger partial charge in [-0.15, -0.1) is 0 Å². The van der Waals surface area contributed by atoms with E-state index in [0.29, 0.717) is 11.7 Å². The minimum atomic E-state index is 0.610. The maximum absolute atomic E-state index is 5.95. The van der Waals surface area contributed by atoms with Gasteiger partial charge in [0.25, 0.3) is 0 Å². The zero-order valence-electron chi connectivity index (χ0n) is 11.5. The Hall–Kier alpha value is -1.58. The van der Waals surface area contributed by atoms with E-state index < -0.39 is 0 Å². The summed E-state index contributed by atoms with van der Waals surface area (Å²) in [7, 11) is 0. The van der Waals surface area contributed by atoms with Gasteiger partial charge in [-0.1, -0.05) is 35.9 Å². The number of nitrogens with one attached hydrogen (secondary N) is 2. The summed E-state index contributed by atoms with van der Waals surface area (Å²) in [5.74, 6) is 0. The van der Waals surface area contributed by atoms with Gasteiger partial charge in [0, 0.05) is 17.3 Å². The molecule has 2 rings (SSSR count). The predicted octanol–water partition coefficient (Wildman–Crippen LogP) is 4.44. The molecule has 0 atom stereocenters. The van der Waals surface area contributed by atoms with Crippen LogP contribution < -0.4 is 10.6 Å². The summed E-state index contributed by atoms with van der Waals surface area (Å²) in [5, 5.41) is 7.75. The molecule has 0 aliphatic rings. The Balaban J connectivity index is 1.94. The van der Waals surface area contributed by atoms with Gasteiger partial charge >= 0.3 is 0 Å². The van der Waals surface area contributed by atoms with Crippen LogP contribution in [0.2, 0.25) is 5.02 Å². The number of rotatable bonds is 3.